The van der Waals surface area contributed by atoms with E-state index in [4.69, 9.17) is 0 Å². The first kappa shape index (κ1) is 20.5. The molecule has 2 atom stereocenters. The molecule has 30 heavy (non-hydrogen) atoms. The molecule has 0 aliphatic carbocycles. The van der Waals surface area contributed by atoms with E-state index in [1.807, 2.05) is 97.1 Å². The maximum atomic E-state index is 14.0. The summed E-state index contributed by atoms with van der Waals surface area (Å²) >= 11 is 3.24. The van der Waals surface area contributed by atoms with Crippen molar-refractivity contribution in [3.63, 3.8) is 0 Å². The molecule has 1 nitrogen and oxygen atoms in total. The number of benzene rings is 4. The van der Waals surface area contributed by atoms with Gasteiger partial charge in [0, 0.05) is 9.79 Å². The molecule has 3 heteroatoms. The molecule has 0 aliphatic rings. The van der Waals surface area contributed by atoms with Gasteiger partial charge in [-0.2, -0.15) is 0 Å². The monoisotopic (exact) mass is 426 g/mol. The maximum absolute atomic E-state index is 14.0. The third-order valence-electron chi connectivity index (χ3n) is 4.72. The second kappa shape index (κ2) is 10.3. The molecule has 4 aromatic carbocycles. The van der Waals surface area contributed by atoms with Crippen molar-refractivity contribution < 1.29 is 4.79 Å². The first-order valence-corrected chi connectivity index (χ1v) is 11.6. The molecule has 0 fully saturated rings. The van der Waals surface area contributed by atoms with Crippen molar-refractivity contribution in [1.29, 1.82) is 0 Å². The van der Waals surface area contributed by atoms with Crippen LogP contribution in [0, 0.1) is 0 Å². The van der Waals surface area contributed by atoms with Crippen LogP contribution < -0.4 is 0 Å². The molecular formula is C27H22OS2. The van der Waals surface area contributed by atoms with E-state index in [0.717, 1.165) is 20.9 Å². The van der Waals surface area contributed by atoms with Crippen LogP contribution in [-0.4, -0.2) is 5.78 Å². The predicted octanol–water partition coefficient (Wildman–Crippen LogP) is 7.62. The zero-order valence-corrected chi connectivity index (χ0v) is 18.1. The molecule has 0 spiro atoms. The molecule has 0 radical (unpaired) electrons. The van der Waals surface area contributed by atoms with Gasteiger partial charge in [-0.05, 0) is 35.4 Å². The predicted molar refractivity (Wildman–Crippen MR) is 128 cm³/mol. The third-order valence-corrected chi connectivity index (χ3v) is 7.28. The van der Waals surface area contributed by atoms with E-state index in [1.54, 1.807) is 23.5 Å². The summed E-state index contributed by atoms with van der Waals surface area (Å²) in [5.41, 5.74) is 2.07. The molecule has 2 unspecified atom stereocenters. The number of hydrogen-bond acceptors (Lipinski definition) is 3. The highest BCUT2D eigenvalue weighted by molar-refractivity contribution is 8.01. The Labute approximate surface area is 186 Å². The Hall–Kier alpha value is -2.75. The minimum atomic E-state index is -0.282. The van der Waals surface area contributed by atoms with Crippen LogP contribution in [0.1, 0.15) is 21.6 Å². The SMILES string of the molecule is O=C(C(Sc1ccccc1)c1ccccc1)C(Sc1ccccc1)c1ccccc1. The van der Waals surface area contributed by atoms with E-state index in [-0.39, 0.29) is 16.3 Å². The zero-order chi connectivity index (χ0) is 20.6. The van der Waals surface area contributed by atoms with Crippen molar-refractivity contribution in [2.24, 2.45) is 0 Å². The Bertz CT molecular complexity index is 964. The van der Waals surface area contributed by atoms with Crippen molar-refractivity contribution in [2.45, 2.75) is 20.3 Å². The van der Waals surface area contributed by atoms with E-state index in [9.17, 15) is 4.79 Å². The third kappa shape index (κ3) is 5.24. The number of hydrogen-bond donors (Lipinski definition) is 0. The van der Waals surface area contributed by atoms with Gasteiger partial charge in [0.2, 0.25) is 0 Å². The Morgan fingerprint density at radius 3 is 1.10 bits per heavy atom. The second-order valence-electron chi connectivity index (χ2n) is 6.85. The van der Waals surface area contributed by atoms with E-state index in [1.165, 1.54) is 0 Å². The lowest BCUT2D eigenvalue weighted by atomic mass is 10.0. The van der Waals surface area contributed by atoms with E-state index in [0.29, 0.717) is 0 Å². The summed E-state index contributed by atoms with van der Waals surface area (Å²) < 4.78 is 0. The summed E-state index contributed by atoms with van der Waals surface area (Å²) in [5.74, 6) is 0.204. The fraction of sp³-hybridized carbons (Fsp3) is 0.0741. The van der Waals surface area contributed by atoms with Crippen molar-refractivity contribution >= 4 is 29.3 Å². The Kier molecular flexibility index (Phi) is 7.07. The van der Waals surface area contributed by atoms with Crippen molar-refractivity contribution in [2.75, 3.05) is 0 Å². The highest BCUT2D eigenvalue weighted by atomic mass is 32.2. The van der Waals surface area contributed by atoms with Crippen LogP contribution in [0.3, 0.4) is 0 Å². The fourth-order valence-electron chi connectivity index (χ4n) is 3.24. The van der Waals surface area contributed by atoms with Gasteiger partial charge in [-0.15, -0.1) is 23.5 Å². The van der Waals surface area contributed by atoms with Crippen molar-refractivity contribution in [3.05, 3.63) is 132 Å². The van der Waals surface area contributed by atoms with Gasteiger partial charge in [-0.25, -0.2) is 0 Å². The number of ketones is 1. The molecular weight excluding hydrogens is 404 g/mol. The smallest absolute Gasteiger partial charge is 0.168 e. The molecule has 0 bridgehead atoms. The number of Topliss-reactive ketones (excluding diaryl/α,β-unsaturated/α-hetero) is 1. The molecule has 0 saturated carbocycles. The fourth-order valence-corrected chi connectivity index (χ4v) is 5.59. The summed E-state index contributed by atoms with van der Waals surface area (Å²) in [6.07, 6.45) is 0. The van der Waals surface area contributed by atoms with Gasteiger partial charge in [-0.3, -0.25) is 4.79 Å². The van der Waals surface area contributed by atoms with Crippen LogP contribution in [0.25, 0.3) is 0 Å². The van der Waals surface area contributed by atoms with Crippen LogP contribution in [0.4, 0.5) is 0 Å². The normalized spacial score (nSPS) is 12.8. The van der Waals surface area contributed by atoms with Crippen molar-refractivity contribution in [1.82, 2.24) is 0 Å². The highest BCUT2D eigenvalue weighted by Gasteiger charge is 2.31. The second-order valence-corrected chi connectivity index (χ2v) is 9.20. The molecule has 0 saturated heterocycles. The first-order chi connectivity index (χ1) is 14.8. The molecule has 0 aliphatic heterocycles. The van der Waals surface area contributed by atoms with Crippen LogP contribution >= 0.6 is 23.5 Å². The molecule has 148 valence electrons. The minimum Gasteiger partial charge on any atom is -0.296 e. The first-order valence-electron chi connectivity index (χ1n) is 9.88. The summed E-state index contributed by atoms with van der Waals surface area (Å²) in [7, 11) is 0. The summed E-state index contributed by atoms with van der Waals surface area (Å²) in [4.78, 5) is 16.2. The summed E-state index contributed by atoms with van der Waals surface area (Å²) in [6, 6.07) is 40.5. The molecule has 0 heterocycles. The molecule has 4 aromatic rings. The maximum Gasteiger partial charge on any atom is 0.168 e. The van der Waals surface area contributed by atoms with E-state index < -0.39 is 0 Å². The van der Waals surface area contributed by atoms with Crippen LogP contribution in [0.15, 0.2) is 131 Å². The Morgan fingerprint density at radius 1 is 0.467 bits per heavy atom. The molecule has 0 aromatic heterocycles. The number of thioether (sulfide) groups is 2. The van der Waals surface area contributed by atoms with Crippen LogP contribution in [0.5, 0.6) is 0 Å². The van der Waals surface area contributed by atoms with Gasteiger partial charge in [0.25, 0.3) is 0 Å². The van der Waals surface area contributed by atoms with E-state index >= 15 is 0 Å². The highest BCUT2D eigenvalue weighted by Crippen LogP contribution is 2.45. The van der Waals surface area contributed by atoms with Gasteiger partial charge in [0.05, 0.1) is 10.5 Å². The lowest BCUT2D eigenvalue weighted by Gasteiger charge is -2.23. The summed E-state index contributed by atoms with van der Waals surface area (Å²) in [5, 5.41) is -0.565. The van der Waals surface area contributed by atoms with Gasteiger partial charge in [-0.1, -0.05) is 97.1 Å². The lowest BCUT2D eigenvalue weighted by Crippen LogP contribution is -2.17. The van der Waals surface area contributed by atoms with Crippen LogP contribution in [0.2, 0.25) is 0 Å². The average Bonchev–Trinajstić information content (AvgIpc) is 2.83. The Morgan fingerprint density at radius 2 is 0.767 bits per heavy atom. The molecule has 4 rings (SSSR count). The number of carbonyl (C=O) groups excluding carboxylic acids is 1. The largest absolute Gasteiger partial charge is 0.296 e. The number of rotatable bonds is 8. The molecule has 0 N–H and O–H groups in total. The van der Waals surface area contributed by atoms with Crippen molar-refractivity contribution in [3.8, 4) is 0 Å². The van der Waals surface area contributed by atoms with Crippen LogP contribution in [-0.2, 0) is 4.79 Å². The van der Waals surface area contributed by atoms with Gasteiger partial charge >= 0.3 is 0 Å². The zero-order valence-electron chi connectivity index (χ0n) is 16.4. The molecule has 0 amide bonds. The quantitative estimate of drug-likeness (QED) is 0.270. The standard InChI is InChI=1S/C27H22OS2/c28-25(26(21-13-5-1-6-14-21)29-23-17-9-3-10-18-23)27(22-15-7-2-8-16-22)30-24-19-11-4-12-20-24/h1-20,26-27H. The van der Waals surface area contributed by atoms with Gasteiger partial charge in [0.1, 0.15) is 0 Å². The van der Waals surface area contributed by atoms with Gasteiger partial charge in [0.15, 0.2) is 5.78 Å². The lowest BCUT2D eigenvalue weighted by molar-refractivity contribution is -0.118. The Balaban J connectivity index is 1.71. The number of carbonyl (C=O) groups is 1. The average molecular weight is 427 g/mol. The summed E-state index contributed by atoms with van der Waals surface area (Å²) in [6.45, 7) is 0. The minimum absolute atomic E-state index is 0.204. The topological polar surface area (TPSA) is 17.1 Å². The van der Waals surface area contributed by atoms with E-state index in [2.05, 4.69) is 24.3 Å². The van der Waals surface area contributed by atoms with Gasteiger partial charge < -0.3 is 0 Å².